The molecule has 1 saturated heterocycles. The van der Waals surface area contributed by atoms with Crippen LogP contribution in [0.25, 0.3) is 0 Å². The molecule has 0 radical (unpaired) electrons. The molecule has 26 heavy (non-hydrogen) atoms. The second kappa shape index (κ2) is 7.59. The summed E-state index contributed by atoms with van der Waals surface area (Å²) in [6, 6.07) is 8.05. The fourth-order valence-corrected chi connectivity index (χ4v) is 3.08. The number of phenols is 1. The van der Waals surface area contributed by atoms with E-state index in [1.807, 2.05) is 0 Å². The molecule has 2 aromatic carbocycles. The molecule has 0 aliphatic carbocycles. The first-order chi connectivity index (χ1) is 12.5. The molecule has 2 aromatic rings. The average Bonchev–Trinajstić information content (AvgIpc) is 2.65. The molecule has 0 aromatic heterocycles. The molecule has 0 saturated carbocycles. The molecule has 1 heterocycles. The fourth-order valence-electron chi connectivity index (χ4n) is 3.08. The van der Waals surface area contributed by atoms with E-state index in [1.54, 1.807) is 11.0 Å². The Kier molecular flexibility index (Phi) is 5.25. The van der Waals surface area contributed by atoms with Crippen molar-refractivity contribution >= 4 is 11.6 Å². The molecular formula is C19H20F2N2O3. The number of halogens is 2. The van der Waals surface area contributed by atoms with Crippen molar-refractivity contribution < 1.29 is 23.4 Å². The molecule has 0 spiro atoms. The number of nitrogens with zero attached hydrogens (tertiary/aromatic N) is 1. The van der Waals surface area contributed by atoms with Crippen molar-refractivity contribution in [2.45, 2.75) is 18.9 Å². The van der Waals surface area contributed by atoms with Gasteiger partial charge in [0.05, 0.1) is 12.7 Å². The van der Waals surface area contributed by atoms with E-state index in [0.29, 0.717) is 24.5 Å². The summed E-state index contributed by atoms with van der Waals surface area (Å²) in [6.07, 6.45) is 1.56. The second-order valence-corrected chi connectivity index (χ2v) is 6.25. The number of benzene rings is 2. The van der Waals surface area contributed by atoms with Crippen molar-refractivity contribution in [3.05, 3.63) is 53.6 Å². The SMILES string of the molecule is COc1ccc(O)c(C(=O)N2CCC[C@H](Nc3ccc(F)c(F)c3)C2)c1. The number of hydrogen-bond acceptors (Lipinski definition) is 4. The van der Waals surface area contributed by atoms with Gasteiger partial charge in [0.15, 0.2) is 11.6 Å². The van der Waals surface area contributed by atoms with Gasteiger partial charge in [-0.2, -0.15) is 0 Å². The lowest BCUT2D eigenvalue weighted by atomic mass is 10.0. The summed E-state index contributed by atoms with van der Waals surface area (Å²) in [5, 5.41) is 13.1. The number of hydrogen-bond donors (Lipinski definition) is 2. The van der Waals surface area contributed by atoms with E-state index < -0.39 is 11.6 Å². The van der Waals surface area contributed by atoms with Crippen LogP contribution in [0.2, 0.25) is 0 Å². The molecule has 138 valence electrons. The molecule has 1 aliphatic rings. The number of ether oxygens (including phenoxy) is 1. The number of aromatic hydroxyl groups is 1. The zero-order valence-corrected chi connectivity index (χ0v) is 14.3. The summed E-state index contributed by atoms with van der Waals surface area (Å²) in [4.78, 5) is 14.4. The van der Waals surface area contributed by atoms with Crippen LogP contribution in [0.5, 0.6) is 11.5 Å². The summed E-state index contributed by atoms with van der Waals surface area (Å²) in [5.41, 5.74) is 0.644. The molecule has 7 heteroatoms. The molecule has 0 unspecified atom stereocenters. The Morgan fingerprint density at radius 3 is 2.77 bits per heavy atom. The third-order valence-electron chi connectivity index (χ3n) is 4.43. The van der Waals surface area contributed by atoms with Gasteiger partial charge in [-0.05, 0) is 43.2 Å². The quantitative estimate of drug-likeness (QED) is 0.875. The van der Waals surface area contributed by atoms with E-state index in [-0.39, 0.29) is 23.3 Å². The van der Waals surface area contributed by atoms with E-state index in [1.165, 1.54) is 25.3 Å². The van der Waals surface area contributed by atoms with Gasteiger partial charge in [-0.3, -0.25) is 4.79 Å². The Morgan fingerprint density at radius 1 is 1.23 bits per heavy atom. The Labute approximate surface area is 150 Å². The van der Waals surface area contributed by atoms with Gasteiger partial charge in [0.25, 0.3) is 5.91 Å². The van der Waals surface area contributed by atoms with E-state index in [0.717, 1.165) is 25.0 Å². The van der Waals surface area contributed by atoms with Crippen LogP contribution < -0.4 is 10.1 Å². The standard InChI is InChI=1S/C19H20F2N2O3/c1-26-14-5-7-18(24)15(10-14)19(25)23-8-2-3-13(11-23)22-12-4-6-16(20)17(21)9-12/h4-7,9-10,13,22,24H,2-3,8,11H2,1H3/t13-/m0/s1. The number of anilines is 1. The third-order valence-corrected chi connectivity index (χ3v) is 4.43. The van der Waals surface area contributed by atoms with Crippen LogP contribution >= 0.6 is 0 Å². The minimum absolute atomic E-state index is 0.0923. The predicted octanol–water partition coefficient (Wildman–Crippen LogP) is 3.40. The summed E-state index contributed by atoms with van der Waals surface area (Å²) < 4.78 is 31.5. The van der Waals surface area contributed by atoms with Gasteiger partial charge in [0.2, 0.25) is 0 Å². The number of carbonyl (C=O) groups excluding carboxylic acids is 1. The van der Waals surface area contributed by atoms with Crippen molar-refractivity contribution in [3.63, 3.8) is 0 Å². The summed E-state index contributed by atoms with van der Waals surface area (Å²) >= 11 is 0. The first-order valence-corrected chi connectivity index (χ1v) is 8.36. The van der Waals surface area contributed by atoms with Gasteiger partial charge in [0, 0.05) is 30.9 Å². The number of amides is 1. The van der Waals surface area contributed by atoms with Crippen molar-refractivity contribution in [3.8, 4) is 11.5 Å². The minimum atomic E-state index is -0.917. The Balaban J connectivity index is 1.71. The number of methoxy groups -OCH3 is 1. The third kappa shape index (κ3) is 3.87. The number of likely N-dealkylation sites (tertiary alicyclic amines) is 1. The lowest BCUT2D eigenvalue weighted by Crippen LogP contribution is -2.45. The van der Waals surface area contributed by atoms with E-state index in [9.17, 15) is 18.7 Å². The minimum Gasteiger partial charge on any atom is -0.507 e. The molecule has 3 rings (SSSR count). The van der Waals surface area contributed by atoms with Gasteiger partial charge in [-0.15, -0.1) is 0 Å². The molecule has 1 aliphatic heterocycles. The van der Waals surface area contributed by atoms with Crippen LogP contribution in [0.1, 0.15) is 23.2 Å². The number of phenolic OH excluding ortho intramolecular Hbond substituents is 1. The first-order valence-electron chi connectivity index (χ1n) is 8.36. The normalized spacial score (nSPS) is 17.0. The molecule has 1 amide bonds. The van der Waals surface area contributed by atoms with Gasteiger partial charge in [0.1, 0.15) is 11.5 Å². The molecule has 1 atom stereocenters. The molecule has 0 bridgehead atoms. The Morgan fingerprint density at radius 2 is 2.04 bits per heavy atom. The lowest BCUT2D eigenvalue weighted by Gasteiger charge is -2.34. The number of piperidine rings is 1. The van der Waals surface area contributed by atoms with Crippen molar-refractivity contribution in [2.24, 2.45) is 0 Å². The number of carbonyl (C=O) groups is 1. The summed E-state index contributed by atoms with van der Waals surface area (Å²) in [7, 11) is 1.49. The van der Waals surface area contributed by atoms with Gasteiger partial charge < -0.3 is 20.1 Å². The van der Waals surface area contributed by atoms with Crippen LogP contribution in [0.3, 0.4) is 0 Å². The average molecular weight is 362 g/mol. The molecular weight excluding hydrogens is 342 g/mol. The largest absolute Gasteiger partial charge is 0.507 e. The van der Waals surface area contributed by atoms with Crippen LogP contribution in [0, 0.1) is 11.6 Å². The van der Waals surface area contributed by atoms with Gasteiger partial charge in [-0.1, -0.05) is 0 Å². The highest BCUT2D eigenvalue weighted by atomic mass is 19.2. The van der Waals surface area contributed by atoms with Gasteiger partial charge >= 0.3 is 0 Å². The van der Waals surface area contributed by atoms with E-state index in [2.05, 4.69) is 5.32 Å². The molecule has 5 nitrogen and oxygen atoms in total. The van der Waals surface area contributed by atoms with E-state index >= 15 is 0 Å². The smallest absolute Gasteiger partial charge is 0.257 e. The monoisotopic (exact) mass is 362 g/mol. The predicted molar refractivity (Wildman–Crippen MR) is 93.6 cm³/mol. The van der Waals surface area contributed by atoms with E-state index in [4.69, 9.17) is 4.74 Å². The molecule has 1 fully saturated rings. The second-order valence-electron chi connectivity index (χ2n) is 6.25. The maximum absolute atomic E-state index is 13.4. The summed E-state index contributed by atoms with van der Waals surface area (Å²) in [5.74, 6) is -1.73. The first kappa shape index (κ1) is 18.0. The highest BCUT2D eigenvalue weighted by Gasteiger charge is 2.26. The fraction of sp³-hybridized carbons (Fsp3) is 0.316. The lowest BCUT2D eigenvalue weighted by molar-refractivity contribution is 0.0711. The van der Waals surface area contributed by atoms with Crippen molar-refractivity contribution in [1.82, 2.24) is 4.90 Å². The Bertz CT molecular complexity index is 813. The highest BCUT2D eigenvalue weighted by Crippen LogP contribution is 2.26. The van der Waals surface area contributed by atoms with Crippen LogP contribution in [0.15, 0.2) is 36.4 Å². The maximum atomic E-state index is 13.4. The van der Waals surface area contributed by atoms with Crippen LogP contribution in [-0.2, 0) is 0 Å². The maximum Gasteiger partial charge on any atom is 0.257 e. The van der Waals surface area contributed by atoms with Crippen LogP contribution in [0.4, 0.5) is 14.5 Å². The van der Waals surface area contributed by atoms with Crippen molar-refractivity contribution in [1.29, 1.82) is 0 Å². The van der Waals surface area contributed by atoms with Crippen molar-refractivity contribution in [2.75, 3.05) is 25.5 Å². The topological polar surface area (TPSA) is 61.8 Å². The Hall–Kier alpha value is -2.83. The zero-order chi connectivity index (χ0) is 18.7. The molecule has 2 N–H and O–H groups in total. The number of nitrogens with one attached hydrogen (secondary N) is 1. The number of rotatable bonds is 4. The zero-order valence-electron chi connectivity index (χ0n) is 14.3. The van der Waals surface area contributed by atoms with Gasteiger partial charge in [-0.25, -0.2) is 8.78 Å². The van der Waals surface area contributed by atoms with Crippen LogP contribution in [-0.4, -0.2) is 42.2 Å². The highest BCUT2D eigenvalue weighted by molar-refractivity contribution is 5.97. The summed E-state index contributed by atoms with van der Waals surface area (Å²) in [6.45, 7) is 0.958.